The number of halogens is 1. The number of thiophene rings is 1. The van der Waals surface area contributed by atoms with E-state index in [4.69, 9.17) is 0 Å². The van der Waals surface area contributed by atoms with Crippen molar-refractivity contribution in [2.24, 2.45) is 0 Å². The molecular formula is C9H13IS. The maximum atomic E-state index is 2.40. The molecule has 11 heavy (non-hydrogen) atoms. The lowest BCUT2D eigenvalue weighted by molar-refractivity contribution is 0.603. The molecule has 0 saturated carbocycles. The van der Waals surface area contributed by atoms with Crippen LogP contribution in [0.2, 0.25) is 0 Å². The minimum atomic E-state index is 0.328. The fourth-order valence-corrected chi connectivity index (χ4v) is 2.58. The maximum absolute atomic E-state index is 2.40. The van der Waals surface area contributed by atoms with Crippen LogP contribution in [0.5, 0.6) is 0 Å². The second-order valence-corrected chi connectivity index (χ2v) is 5.38. The van der Waals surface area contributed by atoms with Crippen molar-refractivity contribution in [3.63, 3.8) is 0 Å². The van der Waals surface area contributed by atoms with E-state index in [1.807, 2.05) is 11.3 Å². The lowest BCUT2D eigenvalue weighted by atomic mass is 9.94. The van der Waals surface area contributed by atoms with Gasteiger partial charge in [0.15, 0.2) is 0 Å². The van der Waals surface area contributed by atoms with E-state index >= 15 is 0 Å². The fourth-order valence-electron chi connectivity index (χ4n) is 0.839. The molecule has 0 spiro atoms. The highest BCUT2D eigenvalue weighted by Gasteiger charge is 2.15. The van der Waals surface area contributed by atoms with Gasteiger partial charge in [-0.25, -0.2) is 0 Å². The van der Waals surface area contributed by atoms with Gasteiger partial charge in [0, 0.05) is 9.30 Å². The molecular weight excluding hydrogens is 267 g/mol. The Balaban J connectivity index is 2.89. The van der Waals surface area contributed by atoms with Crippen LogP contribution in [-0.4, -0.2) is 0 Å². The van der Waals surface area contributed by atoms with Crippen molar-refractivity contribution in [1.29, 1.82) is 0 Å². The molecule has 0 nitrogen and oxygen atoms in total. The molecule has 0 unspecified atom stereocenters. The van der Waals surface area contributed by atoms with E-state index in [9.17, 15) is 0 Å². The van der Waals surface area contributed by atoms with E-state index in [0.29, 0.717) is 5.41 Å². The van der Waals surface area contributed by atoms with Gasteiger partial charge >= 0.3 is 0 Å². The summed E-state index contributed by atoms with van der Waals surface area (Å²) < 4.78 is 1.13. The monoisotopic (exact) mass is 280 g/mol. The Morgan fingerprint density at radius 3 is 2.36 bits per heavy atom. The van der Waals surface area contributed by atoms with Crippen LogP contribution in [0, 0.1) is 0 Å². The van der Waals surface area contributed by atoms with Crippen LogP contribution < -0.4 is 0 Å². The lowest BCUT2D eigenvalue weighted by Crippen LogP contribution is -2.07. The lowest BCUT2D eigenvalue weighted by Gasteiger charge is -2.15. The zero-order valence-corrected chi connectivity index (χ0v) is 10.1. The Kier molecular flexibility index (Phi) is 2.97. The highest BCUT2D eigenvalue weighted by molar-refractivity contribution is 14.1. The summed E-state index contributed by atoms with van der Waals surface area (Å²) in [5, 5.41) is 2.26. The maximum Gasteiger partial charge on any atom is 0.0255 e. The first-order valence-corrected chi connectivity index (χ1v) is 6.08. The molecule has 0 aliphatic heterocycles. The van der Waals surface area contributed by atoms with Gasteiger partial charge in [0.1, 0.15) is 0 Å². The third-order valence-electron chi connectivity index (χ3n) is 1.55. The molecule has 0 N–H and O–H groups in total. The minimum Gasteiger partial charge on any atom is -0.148 e. The Morgan fingerprint density at radius 1 is 1.45 bits per heavy atom. The van der Waals surface area contributed by atoms with Crippen molar-refractivity contribution in [3.8, 4) is 0 Å². The van der Waals surface area contributed by atoms with Crippen LogP contribution in [0.4, 0.5) is 0 Å². The van der Waals surface area contributed by atoms with Gasteiger partial charge in [0.05, 0.1) is 0 Å². The summed E-state index contributed by atoms with van der Waals surface area (Å²) in [7, 11) is 0. The van der Waals surface area contributed by atoms with E-state index < -0.39 is 0 Å². The highest BCUT2D eigenvalue weighted by atomic mass is 127. The van der Waals surface area contributed by atoms with Crippen LogP contribution in [0.15, 0.2) is 11.4 Å². The summed E-state index contributed by atoms with van der Waals surface area (Å²) in [5.41, 5.74) is 1.79. The minimum absolute atomic E-state index is 0.328. The molecule has 0 bridgehead atoms. The Bertz CT molecular complexity index is 232. The van der Waals surface area contributed by atoms with Crippen LogP contribution in [0.25, 0.3) is 0 Å². The molecule has 1 aromatic rings. The number of rotatable bonds is 1. The van der Waals surface area contributed by atoms with Gasteiger partial charge in [-0.05, 0) is 22.4 Å². The molecule has 0 saturated heterocycles. The molecule has 2 heteroatoms. The first-order chi connectivity index (χ1) is 5.04. The van der Waals surface area contributed by atoms with E-state index in [2.05, 4.69) is 54.8 Å². The molecule has 62 valence electrons. The molecule has 1 rings (SSSR count). The SMILES string of the molecule is CC(C)(C)c1cc(CI)cs1. The van der Waals surface area contributed by atoms with Crippen molar-refractivity contribution in [2.75, 3.05) is 0 Å². The van der Waals surface area contributed by atoms with E-state index in [1.54, 1.807) is 0 Å². The molecule has 0 aromatic carbocycles. The van der Waals surface area contributed by atoms with Crippen molar-refractivity contribution in [1.82, 2.24) is 0 Å². The van der Waals surface area contributed by atoms with Gasteiger partial charge in [0.2, 0.25) is 0 Å². The summed E-state index contributed by atoms with van der Waals surface area (Å²) in [6.45, 7) is 6.78. The van der Waals surface area contributed by atoms with Crippen LogP contribution in [0.3, 0.4) is 0 Å². The average Bonchev–Trinajstić information content (AvgIpc) is 2.32. The molecule has 1 aromatic heterocycles. The normalized spacial score (nSPS) is 12.0. The first-order valence-electron chi connectivity index (χ1n) is 3.68. The second-order valence-electron chi connectivity index (χ2n) is 3.70. The molecule has 0 aliphatic carbocycles. The van der Waals surface area contributed by atoms with Crippen molar-refractivity contribution in [3.05, 3.63) is 21.9 Å². The second kappa shape index (κ2) is 3.44. The van der Waals surface area contributed by atoms with E-state index in [0.717, 1.165) is 4.43 Å². The average molecular weight is 280 g/mol. The zero-order valence-electron chi connectivity index (χ0n) is 7.15. The Morgan fingerprint density at radius 2 is 2.09 bits per heavy atom. The van der Waals surface area contributed by atoms with E-state index in [-0.39, 0.29) is 0 Å². The predicted molar refractivity (Wildman–Crippen MR) is 60.7 cm³/mol. The molecule has 0 fully saturated rings. The predicted octanol–water partition coefficient (Wildman–Crippen LogP) is 3.98. The highest BCUT2D eigenvalue weighted by Crippen LogP contribution is 2.29. The van der Waals surface area contributed by atoms with Gasteiger partial charge in [-0.1, -0.05) is 43.4 Å². The number of alkyl halides is 1. The van der Waals surface area contributed by atoms with Crippen LogP contribution in [0.1, 0.15) is 31.2 Å². The third kappa shape index (κ3) is 2.44. The standard InChI is InChI=1S/C9H13IS/c1-9(2,3)8-4-7(5-10)6-11-8/h4,6H,5H2,1-3H3. The third-order valence-corrected chi connectivity index (χ3v) is 3.83. The quantitative estimate of drug-likeness (QED) is 0.539. The van der Waals surface area contributed by atoms with Gasteiger partial charge in [-0.15, -0.1) is 11.3 Å². The van der Waals surface area contributed by atoms with Gasteiger partial charge in [-0.2, -0.15) is 0 Å². The van der Waals surface area contributed by atoms with Crippen molar-refractivity contribution < 1.29 is 0 Å². The molecule has 0 atom stereocenters. The van der Waals surface area contributed by atoms with E-state index in [1.165, 1.54) is 10.4 Å². The molecule has 1 heterocycles. The zero-order chi connectivity index (χ0) is 8.48. The van der Waals surface area contributed by atoms with Crippen LogP contribution >= 0.6 is 33.9 Å². The fraction of sp³-hybridized carbons (Fsp3) is 0.556. The summed E-state index contributed by atoms with van der Waals surface area (Å²) in [5.74, 6) is 0. The van der Waals surface area contributed by atoms with Crippen LogP contribution in [-0.2, 0) is 9.84 Å². The summed E-state index contributed by atoms with van der Waals surface area (Å²) >= 11 is 4.28. The van der Waals surface area contributed by atoms with Crippen molar-refractivity contribution in [2.45, 2.75) is 30.6 Å². The smallest absolute Gasteiger partial charge is 0.0255 e. The van der Waals surface area contributed by atoms with Gasteiger partial charge in [0.25, 0.3) is 0 Å². The topological polar surface area (TPSA) is 0 Å². The van der Waals surface area contributed by atoms with Gasteiger partial charge < -0.3 is 0 Å². The molecule has 0 radical (unpaired) electrons. The summed E-state index contributed by atoms with van der Waals surface area (Å²) in [6, 6.07) is 2.32. The molecule has 0 aliphatic rings. The molecule has 0 amide bonds. The van der Waals surface area contributed by atoms with Gasteiger partial charge in [-0.3, -0.25) is 0 Å². The Hall–Kier alpha value is 0.430. The first kappa shape index (κ1) is 9.52. The van der Waals surface area contributed by atoms with Crippen molar-refractivity contribution >= 4 is 33.9 Å². The number of hydrogen-bond acceptors (Lipinski definition) is 1. The number of hydrogen-bond donors (Lipinski definition) is 0. The largest absolute Gasteiger partial charge is 0.148 e. The summed E-state index contributed by atoms with van der Waals surface area (Å²) in [6.07, 6.45) is 0. The summed E-state index contributed by atoms with van der Waals surface area (Å²) in [4.78, 5) is 1.49. The Labute approximate surface area is 86.2 Å².